The summed E-state index contributed by atoms with van der Waals surface area (Å²) in [6.07, 6.45) is -3.56. The van der Waals surface area contributed by atoms with Crippen LogP contribution in [0, 0.1) is 11.6 Å². The van der Waals surface area contributed by atoms with Gasteiger partial charge >= 0.3 is 6.36 Å². The summed E-state index contributed by atoms with van der Waals surface area (Å²) in [5.74, 6) is -5.46. The fraction of sp³-hybridized carbons (Fsp3) is 0.240. The SMILES string of the molecule is COc1cc(F)c([C@@H]2CN(c3ccc(=O)n(C)c3)C(=O)C2NC(=O)c2ccc(OC(F)(F)F)cc2)c(F)c1. The van der Waals surface area contributed by atoms with E-state index in [9.17, 15) is 27.6 Å². The predicted molar refractivity (Wildman–Crippen MR) is 124 cm³/mol. The highest BCUT2D eigenvalue weighted by Gasteiger charge is 2.45. The topological polar surface area (TPSA) is 89.9 Å². The Morgan fingerprint density at radius 1 is 1.00 bits per heavy atom. The van der Waals surface area contributed by atoms with Gasteiger partial charge in [0.15, 0.2) is 0 Å². The Kier molecular flexibility index (Phi) is 7.11. The average molecular weight is 537 g/mol. The molecular weight excluding hydrogens is 517 g/mol. The van der Waals surface area contributed by atoms with Gasteiger partial charge < -0.3 is 24.3 Å². The van der Waals surface area contributed by atoms with Gasteiger partial charge in [-0.2, -0.15) is 0 Å². The molecule has 2 atom stereocenters. The number of methoxy groups -OCH3 is 1. The first-order chi connectivity index (χ1) is 17.9. The maximum atomic E-state index is 15.0. The van der Waals surface area contributed by atoms with Crippen molar-refractivity contribution < 1.29 is 41.0 Å². The highest BCUT2D eigenvalue weighted by molar-refractivity contribution is 6.05. The largest absolute Gasteiger partial charge is 0.573 e. The van der Waals surface area contributed by atoms with Gasteiger partial charge in [0.05, 0.1) is 12.8 Å². The molecule has 4 rings (SSSR count). The van der Waals surface area contributed by atoms with E-state index in [1.807, 2.05) is 0 Å². The molecule has 0 bridgehead atoms. The molecule has 13 heteroatoms. The van der Waals surface area contributed by atoms with E-state index in [1.165, 1.54) is 42.0 Å². The molecule has 1 saturated heterocycles. The van der Waals surface area contributed by atoms with Crippen LogP contribution in [-0.4, -0.2) is 42.4 Å². The van der Waals surface area contributed by atoms with Crippen LogP contribution >= 0.6 is 0 Å². The zero-order chi connectivity index (χ0) is 27.8. The van der Waals surface area contributed by atoms with Gasteiger partial charge in [0.2, 0.25) is 11.5 Å². The standard InChI is InChI=1S/C25H20F5N3O5/c1-32-11-14(5-8-20(32)34)33-12-17(21-18(26)9-16(37-2)10-19(21)27)22(24(33)36)31-23(35)13-3-6-15(7-4-13)38-25(28,29)30/h3-11,17,22H,12H2,1-2H3,(H,31,35)/t17-,22?/m0/s1. The normalized spacial score (nSPS) is 17.4. The lowest BCUT2D eigenvalue weighted by molar-refractivity contribution is -0.274. The number of alkyl halides is 3. The van der Waals surface area contributed by atoms with Crippen molar-refractivity contribution in [3.05, 3.63) is 87.8 Å². The van der Waals surface area contributed by atoms with Gasteiger partial charge in [-0.05, 0) is 30.3 Å². The third kappa shape index (κ3) is 5.45. The summed E-state index contributed by atoms with van der Waals surface area (Å²) in [5.41, 5.74) is -0.693. The highest BCUT2D eigenvalue weighted by Crippen LogP contribution is 2.36. The second-order valence-corrected chi connectivity index (χ2v) is 8.42. The third-order valence-corrected chi connectivity index (χ3v) is 5.99. The molecule has 0 aliphatic carbocycles. The molecule has 38 heavy (non-hydrogen) atoms. The minimum absolute atomic E-state index is 0.0928. The van der Waals surface area contributed by atoms with Gasteiger partial charge in [-0.3, -0.25) is 14.4 Å². The number of hydrogen-bond acceptors (Lipinski definition) is 5. The van der Waals surface area contributed by atoms with Crippen molar-refractivity contribution >= 4 is 17.5 Å². The first-order valence-electron chi connectivity index (χ1n) is 11.1. The summed E-state index contributed by atoms with van der Waals surface area (Å²) < 4.78 is 77.2. The molecule has 1 unspecified atom stereocenters. The zero-order valence-electron chi connectivity index (χ0n) is 19.9. The van der Waals surface area contributed by atoms with Gasteiger partial charge in [0, 0.05) is 55.0 Å². The summed E-state index contributed by atoms with van der Waals surface area (Å²) in [4.78, 5) is 39.3. The van der Waals surface area contributed by atoms with Crippen molar-refractivity contribution in [2.24, 2.45) is 7.05 Å². The van der Waals surface area contributed by atoms with Crippen LogP contribution in [0.1, 0.15) is 21.8 Å². The van der Waals surface area contributed by atoms with Gasteiger partial charge in [0.25, 0.3) is 5.91 Å². The monoisotopic (exact) mass is 537 g/mol. The Morgan fingerprint density at radius 2 is 1.63 bits per heavy atom. The molecule has 0 saturated carbocycles. The van der Waals surface area contributed by atoms with Crippen molar-refractivity contribution in [1.82, 2.24) is 9.88 Å². The molecule has 200 valence electrons. The minimum Gasteiger partial charge on any atom is -0.497 e. The number of rotatable bonds is 6. The predicted octanol–water partition coefficient (Wildman–Crippen LogP) is 3.50. The van der Waals surface area contributed by atoms with Crippen LogP contribution in [0.3, 0.4) is 0 Å². The first kappa shape index (κ1) is 26.6. The zero-order valence-corrected chi connectivity index (χ0v) is 19.9. The number of amides is 2. The number of benzene rings is 2. The summed E-state index contributed by atoms with van der Waals surface area (Å²) in [6.45, 7) is -0.249. The summed E-state index contributed by atoms with van der Waals surface area (Å²) in [6, 6.07) is 6.92. The number of carbonyl (C=O) groups excluding carboxylic acids is 2. The molecule has 0 spiro atoms. The lowest BCUT2D eigenvalue weighted by atomic mass is 9.92. The molecule has 2 heterocycles. The summed E-state index contributed by atoms with van der Waals surface area (Å²) in [7, 11) is 2.68. The Balaban J connectivity index is 1.68. The van der Waals surface area contributed by atoms with Crippen LogP contribution in [0.5, 0.6) is 11.5 Å². The van der Waals surface area contributed by atoms with E-state index in [4.69, 9.17) is 4.74 Å². The van der Waals surface area contributed by atoms with Gasteiger partial charge in [-0.25, -0.2) is 8.78 Å². The molecule has 2 aromatic carbocycles. The number of aromatic nitrogens is 1. The van der Waals surface area contributed by atoms with E-state index in [2.05, 4.69) is 10.1 Å². The van der Waals surface area contributed by atoms with Crippen LogP contribution in [-0.2, 0) is 11.8 Å². The van der Waals surface area contributed by atoms with E-state index >= 15 is 8.78 Å². The fourth-order valence-electron chi connectivity index (χ4n) is 4.19. The summed E-state index contributed by atoms with van der Waals surface area (Å²) >= 11 is 0. The van der Waals surface area contributed by atoms with E-state index in [0.717, 1.165) is 36.4 Å². The van der Waals surface area contributed by atoms with Crippen molar-refractivity contribution in [2.75, 3.05) is 18.6 Å². The molecule has 1 aliphatic rings. The van der Waals surface area contributed by atoms with E-state index in [-0.39, 0.29) is 29.1 Å². The van der Waals surface area contributed by atoms with Crippen LogP contribution < -0.4 is 25.2 Å². The highest BCUT2D eigenvalue weighted by atomic mass is 19.4. The van der Waals surface area contributed by atoms with Crippen LogP contribution in [0.25, 0.3) is 0 Å². The van der Waals surface area contributed by atoms with Crippen molar-refractivity contribution in [2.45, 2.75) is 18.3 Å². The molecule has 1 aliphatic heterocycles. The molecule has 0 radical (unpaired) electrons. The number of ether oxygens (including phenoxy) is 2. The Bertz CT molecular complexity index is 1420. The second-order valence-electron chi connectivity index (χ2n) is 8.42. The number of nitrogens with one attached hydrogen (secondary N) is 1. The number of aryl methyl sites for hydroxylation is 1. The van der Waals surface area contributed by atoms with Gasteiger partial charge in [-0.1, -0.05) is 0 Å². The molecule has 1 fully saturated rings. The second kappa shape index (κ2) is 10.1. The maximum Gasteiger partial charge on any atom is 0.573 e. The number of anilines is 1. The van der Waals surface area contributed by atoms with Crippen molar-refractivity contribution in [3.8, 4) is 11.5 Å². The molecule has 8 nitrogen and oxygen atoms in total. The third-order valence-electron chi connectivity index (χ3n) is 5.99. The fourth-order valence-corrected chi connectivity index (χ4v) is 4.19. The molecule has 2 amide bonds. The number of pyridine rings is 1. The average Bonchev–Trinajstić information content (AvgIpc) is 3.15. The number of nitrogens with zero attached hydrogens (tertiary/aromatic N) is 2. The minimum atomic E-state index is -4.93. The Hall–Kier alpha value is -4.42. The van der Waals surface area contributed by atoms with Gasteiger partial charge in [-0.15, -0.1) is 13.2 Å². The molecular formula is C25H20F5N3O5. The van der Waals surface area contributed by atoms with Crippen LogP contribution in [0.15, 0.2) is 59.5 Å². The quantitative estimate of drug-likeness (QED) is 0.487. The van der Waals surface area contributed by atoms with E-state index < -0.39 is 53.1 Å². The van der Waals surface area contributed by atoms with E-state index in [0.29, 0.717) is 0 Å². The van der Waals surface area contributed by atoms with E-state index in [1.54, 1.807) is 0 Å². The van der Waals surface area contributed by atoms with Crippen LogP contribution in [0.4, 0.5) is 27.6 Å². The number of hydrogen-bond donors (Lipinski definition) is 1. The maximum absolute atomic E-state index is 15.0. The van der Waals surface area contributed by atoms with Gasteiger partial charge in [0.1, 0.15) is 29.2 Å². The first-order valence-corrected chi connectivity index (χ1v) is 11.1. The molecule has 1 N–H and O–H groups in total. The number of carbonyl (C=O) groups is 2. The smallest absolute Gasteiger partial charge is 0.497 e. The van der Waals surface area contributed by atoms with Crippen molar-refractivity contribution in [1.29, 1.82) is 0 Å². The molecule has 3 aromatic rings. The lowest BCUT2D eigenvalue weighted by Gasteiger charge is -2.20. The Labute approximate surface area is 212 Å². The van der Waals surface area contributed by atoms with Crippen molar-refractivity contribution in [3.63, 3.8) is 0 Å². The van der Waals surface area contributed by atoms with Crippen LogP contribution in [0.2, 0.25) is 0 Å². The summed E-state index contributed by atoms with van der Waals surface area (Å²) in [5, 5.41) is 2.44. The number of halogens is 5. The lowest BCUT2D eigenvalue weighted by Crippen LogP contribution is -2.44. The Morgan fingerprint density at radius 3 is 2.18 bits per heavy atom. The molecule has 1 aromatic heterocycles.